The molecule has 2 N–H and O–H groups in total. The molecular weight excluding hydrogens is 428 g/mol. The molecule has 0 fully saturated rings. The van der Waals surface area contributed by atoms with Crippen molar-refractivity contribution in [2.75, 3.05) is 17.7 Å². The van der Waals surface area contributed by atoms with Crippen molar-refractivity contribution in [2.24, 2.45) is 0 Å². The topological polar surface area (TPSA) is 76.7 Å². The van der Waals surface area contributed by atoms with Gasteiger partial charge in [0.1, 0.15) is 6.61 Å². The first-order chi connectivity index (χ1) is 15.5. The summed E-state index contributed by atoms with van der Waals surface area (Å²) in [5, 5.41) is 6.32. The monoisotopic (exact) mass is 452 g/mol. The Hall–Kier alpha value is -3.51. The van der Waals surface area contributed by atoms with Crippen LogP contribution in [-0.2, 0) is 11.4 Å². The maximum absolute atomic E-state index is 12.7. The van der Waals surface area contributed by atoms with E-state index in [4.69, 9.17) is 21.1 Å². The summed E-state index contributed by atoms with van der Waals surface area (Å²) in [6.45, 7) is 2.29. The molecule has 0 heterocycles. The lowest BCUT2D eigenvalue weighted by molar-refractivity contribution is -0.116. The minimum Gasteiger partial charge on any atom is -0.493 e. The molecule has 7 heteroatoms. The van der Waals surface area contributed by atoms with Crippen LogP contribution in [0.1, 0.15) is 35.7 Å². The Bertz CT molecular complexity index is 1080. The number of ether oxygens (including phenoxy) is 2. The number of amides is 2. The number of nitrogens with one attached hydrogen (secondary N) is 2. The molecule has 0 bridgehead atoms. The minimum absolute atomic E-state index is 0.0603. The van der Waals surface area contributed by atoms with Gasteiger partial charge in [0.05, 0.1) is 7.11 Å². The molecule has 32 heavy (non-hydrogen) atoms. The van der Waals surface area contributed by atoms with Crippen molar-refractivity contribution in [3.05, 3.63) is 82.9 Å². The van der Waals surface area contributed by atoms with Crippen LogP contribution in [0, 0.1) is 0 Å². The summed E-state index contributed by atoms with van der Waals surface area (Å²) in [4.78, 5) is 24.5. The van der Waals surface area contributed by atoms with E-state index >= 15 is 0 Å². The molecule has 0 aliphatic rings. The smallest absolute Gasteiger partial charge is 0.255 e. The highest BCUT2D eigenvalue weighted by molar-refractivity contribution is 6.30. The van der Waals surface area contributed by atoms with Gasteiger partial charge in [0.15, 0.2) is 11.5 Å². The fourth-order valence-electron chi connectivity index (χ4n) is 3.00. The molecule has 166 valence electrons. The summed E-state index contributed by atoms with van der Waals surface area (Å²) in [5.74, 6) is 0.617. The van der Waals surface area contributed by atoms with Crippen LogP contribution in [0.3, 0.4) is 0 Å². The first kappa shape index (κ1) is 23.2. The number of benzene rings is 3. The van der Waals surface area contributed by atoms with E-state index in [1.165, 1.54) is 7.11 Å². The normalized spacial score (nSPS) is 10.3. The summed E-state index contributed by atoms with van der Waals surface area (Å²) in [7, 11) is 1.52. The lowest BCUT2D eigenvalue weighted by Crippen LogP contribution is -2.13. The highest BCUT2D eigenvalue weighted by atomic mass is 35.5. The molecule has 0 unspecified atom stereocenters. The van der Waals surface area contributed by atoms with E-state index in [0.29, 0.717) is 46.5 Å². The van der Waals surface area contributed by atoms with Gasteiger partial charge in [0, 0.05) is 28.4 Å². The molecule has 0 aliphatic carbocycles. The molecule has 0 spiro atoms. The standard InChI is InChI=1S/C25H25ClN2O4/c1-3-5-24(29)27-20-6-4-7-21(15-20)28-25(30)18-10-13-22(23(14-18)31-2)32-16-17-8-11-19(26)12-9-17/h4,6-15H,3,5,16H2,1-2H3,(H,27,29)(H,28,30). The van der Waals surface area contributed by atoms with E-state index in [-0.39, 0.29) is 11.8 Å². The number of hydrogen-bond acceptors (Lipinski definition) is 4. The minimum atomic E-state index is -0.301. The molecule has 3 aromatic carbocycles. The first-order valence-corrected chi connectivity index (χ1v) is 10.6. The zero-order chi connectivity index (χ0) is 22.9. The van der Waals surface area contributed by atoms with E-state index in [9.17, 15) is 9.59 Å². The van der Waals surface area contributed by atoms with Crippen LogP contribution in [0.4, 0.5) is 11.4 Å². The molecule has 6 nitrogen and oxygen atoms in total. The van der Waals surface area contributed by atoms with E-state index in [1.807, 2.05) is 19.1 Å². The van der Waals surface area contributed by atoms with Gasteiger partial charge < -0.3 is 20.1 Å². The van der Waals surface area contributed by atoms with Gasteiger partial charge >= 0.3 is 0 Å². The van der Waals surface area contributed by atoms with Crippen molar-refractivity contribution < 1.29 is 19.1 Å². The Balaban J connectivity index is 1.66. The molecular formula is C25H25ClN2O4. The van der Waals surface area contributed by atoms with Crippen LogP contribution < -0.4 is 20.1 Å². The molecule has 0 saturated heterocycles. The van der Waals surface area contributed by atoms with Gasteiger partial charge in [0.25, 0.3) is 5.91 Å². The van der Waals surface area contributed by atoms with E-state index in [2.05, 4.69) is 10.6 Å². The first-order valence-electron chi connectivity index (χ1n) is 10.2. The second-order valence-electron chi connectivity index (χ2n) is 7.11. The molecule has 3 rings (SSSR count). The van der Waals surface area contributed by atoms with Crippen LogP contribution in [0.25, 0.3) is 0 Å². The van der Waals surface area contributed by atoms with Gasteiger partial charge in [-0.2, -0.15) is 0 Å². The van der Waals surface area contributed by atoms with Crippen LogP contribution in [-0.4, -0.2) is 18.9 Å². The Kier molecular flexibility index (Phi) is 8.11. The summed E-state index contributed by atoms with van der Waals surface area (Å²) < 4.78 is 11.2. The number of anilines is 2. The number of halogens is 1. The van der Waals surface area contributed by atoms with Crippen molar-refractivity contribution in [2.45, 2.75) is 26.4 Å². The maximum atomic E-state index is 12.7. The van der Waals surface area contributed by atoms with Crippen LogP contribution in [0.5, 0.6) is 11.5 Å². The van der Waals surface area contributed by atoms with Gasteiger partial charge in [-0.05, 0) is 60.5 Å². The maximum Gasteiger partial charge on any atom is 0.255 e. The highest BCUT2D eigenvalue weighted by Crippen LogP contribution is 2.29. The third kappa shape index (κ3) is 6.49. The van der Waals surface area contributed by atoms with Crippen molar-refractivity contribution in [3.63, 3.8) is 0 Å². The summed E-state index contributed by atoms with van der Waals surface area (Å²) >= 11 is 5.91. The third-order valence-corrected chi connectivity index (χ3v) is 4.87. The molecule has 0 aromatic heterocycles. The van der Waals surface area contributed by atoms with Crippen LogP contribution in [0.15, 0.2) is 66.7 Å². The summed E-state index contributed by atoms with van der Waals surface area (Å²) in [5.41, 5.74) is 2.58. The van der Waals surface area contributed by atoms with Crippen LogP contribution in [0.2, 0.25) is 5.02 Å². The lowest BCUT2D eigenvalue weighted by atomic mass is 10.1. The van der Waals surface area contributed by atoms with E-state index < -0.39 is 0 Å². The quantitative estimate of drug-likeness (QED) is 0.422. The lowest BCUT2D eigenvalue weighted by Gasteiger charge is -2.13. The Morgan fingerprint density at radius 1 is 0.906 bits per heavy atom. The Labute approximate surface area is 192 Å². The van der Waals surface area contributed by atoms with Gasteiger partial charge in [-0.25, -0.2) is 0 Å². The Morgan fingerprint density at radius 3 is 2.31 bits per heavy atom. The van der Waals surface area contributed by atoms with Gasteiger partial charge in [0.2, 0.25) is 5.91 Å². The predicted octanol–water partition coefficient (Wildman–Crippen LogP) is 5.92. The molecule has 0 saturated carbocycles. The summed E-state index contributed by atoms with van der Waals surface area (Å²) in [6.07, 6.45) is 1.21. The average molecular weight is 453 g/mol. The molecule has 0 aliphatic heterocycles. The second-order valence-corrected chi connectivity index (χ2v) is 7.55. The number of rotatable bonds is 9. The number of carbonyl (C=O) groups excluding carboxylic acids is 2. The fourth-order valence-corrected chi connectivity index (χ4v) is 3.12. The summed E-state index contributed by atoms with van der Waals surface area (Å²) in [6, 6.07) is 19.4. The predicted molar refractivity (Wildman–Crippen MR) is 127 cm³/mol. The number of hydrogen-bond donors (Lipinski definition) is 2. The number of methoxy groups -OCH3 is 1. The molecule has 3 aromatic rings. The fraction of sp³-hybridized carbons (Fsp3) is 0.200. The third-order valence-electron chi connectivity index (χ3n) is 4.61. The second kappa shape index (κ2) is 11.2. The van der Waals surface area contributed by atoms with E-state index in [1.54, 1.807) is 54.6 Å². The zero-order valence-corrected chi connectivity index (χ0v) is 18.7. The van der Waals surface area contributed by atoms with Crippen LogP contribution >= 0.6 is 11.6 Å². The van der Waals surface area contributed by atoms with Gasteiger partial charge in [-0.3, -0.25) is 9.59 Å². The van der Waals surface area contributed by atoms with Crippen molar-refractivity contribution in [1.29, 1.82) is 0 Å². The SMILES string of the molecule is CCCC(=O)Nc1cccc(NC(=O)c2ccc(OCc3ccc(Cl)cc3)c(OC)c2)c1. The molecule has 2 amide bonds. The molecule has 0 atom stereocenters. The van der Waals surface area contributed by atoms with Gasteiger partial charge in [-0.15, -0.1) is 0 Å². The van der Waals surface area contributed by atoms with Crippen molar-refractivity contribution in [1.82, 2.24) is 0 Å². The van der Waals surface area contributed by atoms with Crippen molar-refractivity contribution in [3.8, 4) is 11.5 Å². The van der Waals surface area contributed by atoms with Crippen molar-refractivity contribution >= 4 is 34.8 Å². The zero-order valence-electron chi connectivity index (χ0n) is 18.0. The highest BCUT2D eigenvalue weighted by Gasteiger charge is 2.12. The Morgan fingerprint density at radius 2 is 1.62 bits per heavy atom. The van der Waals surface area contributed by atoms with E-state index in [0.717, 1.165) is 12.0 Å². The number of carbonyl (C=O) groups is 2. The van der Waals surface area contributed by atoms with Gasteiger partial charge in [-0.1, -0.05) is 36.7 Å². The average Bonchev–Trinajstić information content (AvgIpc) is 2.79. The molecule has 0 radical (unpaired) electrons. The largest absolute Gasteiger partial charge is 0.493 e.